The van der Waals surface area contributed by atoms with Gasteiger partial charge in [-0.2, -0.15) is 11.3 Å². The van der Waals surface area contributed by atoms with E-state index in [4.69, 9.17) is 5.73 Å². The number of hydrogen-bond donors (Lipinski definition) is 1. The van der Waals surface area contributed by atoms with Gasteiger partial charge in [0.2, 0.25) is 0 Å². The van der Waals surface area contributed by atoms with Gasteiger partial charge in [0.25, 0.3) is 0 Å². The first kappa shape index (κ1) is 12.5. The highest BCUT2D eigenvalue weighted by molar-refractivity contribution is 7.07. The highest BCUT2D eigenvalue weighted by Gasteiger charge is 2.08. The molecule has 0 aliphatic carbocycles. The van der Waals surface area contributed by atoms with Crippen molar-refractivity contribution in [1.29, 1.82) is 0 Å². The Kier molecular flexibility index (Phi) is 3.40. The molecule has 3 rings (SSSR count). The van der Waals surface area contributed by atoms with Gasteiger partial charge in [-0.15, -0.1) is 0 Å². The monoisotopic (exact) mass is 270 g/mol. The molecule has 1 atom stereocenters. The first-order valence-corrected chi connectivity index (χ1v) is 7.51. The second kappa shape index (κ2) is 5.19. The van der Waals surface area contributed by atoms with Crippen molar-refractivity contribution < 1.29 is 0 Å². The number of aromatic nitrogens is 1. The maximum Gasteiger partial charge on any atom is 0.0516 e. The maximum absolute atomic E-state index is 5.96. The molecule has 19 heavy (non-hydrogen) atoms. The third-order valence-electron chi connectivity index (χ3n) is 3.35. The van der Waals surface area contributed by atoms with Crippen LogP contribution in [-0.4, -0.2) is 10.6 Å². The van der Waals surface area contributed by atoms with Crippen LogP contribution in [0.25, 0.3) is 10.9 Å². The standard InChI is InChI=1S/C16H18N2S/c1-12(17)9-15-4-2-3-14-5-7-18(16(14)15)10-13-6-8-19-11-13/h2-8,11-12H,9-10,17H2,1H3. The average Bonchev–Trinajstić information content (AvgIpc) is 3.00. The summed E-state index contributed by atoms with van der Waals surface area (Å²) in [5.74, 6) is 0. The van der Waals surface area contributed by atoms with E-state index in [0.717, 1.165) is 13.0 Å². The van der Waals surface area contributed by atoms with Crippen LogP contribution in [0.1, 0.15) is 18.1 Å². The lowest BCUT2D eigenvalue weighted by molar-refractivity contribution is 0.735. The fraction of sp³-hybridized carbons (Fsp3) is 0.250. The molecule has 2 aromatic heterocycles. The van der Waals surface area contributed by atoms with Gasteiger partial charge in [0.1, 0.15) is 0 Å². The number of fused-ring (bicyclic) bond motifs is 1. The summed E-state index contributed by atoms with van der Waals surface area (Å²) in [5, 5.41) is 5.64. The minimum Gasteiger partial charge on any atom is -0.343 e. The van der Waals surface area contributed by atoms with Crippen LogP contribution < -0.4 is 5.73 Å². The molecule has 0 saturated carbocycles. The molecule has 2 N–H and O–H groups in total. The van der Waals surface area contributed by atoms with Gasteiger partial charge >= 0.3 is 0 Å². The summed E-state index contributed by atoms with van der Waals surface area (Å²) in [7, 11) is 0. The Morgan fingerprint density at radius 1 is 1.26 bits per heavy atom. The van der Waals surface area contributed by atoms with Gasteiger partial charge in [0.15, 0.2) is 0 Å². The van der Waals surface area contributed by atoms with E-state index in [0.29, 0.717) is 0 Å². The third kappa shape index (κ3) is 2.57. The van der Waals surface area contributed by atoms with E-state index in [1.165, 1.54) is 22.0 Å². The molecule has 0 bridgehead atoms. The Balaban J connectivity index is 2.04. The zero-order chi connectivity index (χ0) is 13.2. The van der Waals surface area contributed by atoms with Crippen molar-refractivity contribution in [2.75, 3.05) is 0 Å². The third-order valence-corrected chi connectivity index (χ3v) is 4.08. The van der Waals surface area contributed by atoms with Crippen molar-refractivity contribution >= 4 is 22.2 Å². The average molecular weight is 270 g/mol. The van der Waals surface area contributed by atoms with E-state index < -0.39 is 0 Å². The van der Waals surface area contributed by atoms with Crippen LogP contribution in [0.15, 0.2) is 47.3 Å². The zero-order valence-electron chi connectivity index (χ0n) is 11.0. The number of hydrogen-bond acceptors (Lipinski definition) is 2. The maximum atomic E-state index is 5.96. The van der Waals surface area contributed by atoms with Crippen molar-refractivity contribution in [3.8, 4) is 0 Å². The smallest absolute Gasteiger partial charge is 0.0516 e. The van der Waals surface area contributed by atoms with Crippen LogP contribution in [0.3, 0.4) is 0 Å². The molecule has 2 nitrogen and oxygen atoms in total. The summed E-state index contributed by atoms with van der Waals surface area (Å²) in [5.41, 5.74) is 9.99. The minimum absolute atomic E-state index is 0.190. The van der Waals surface area contributed by atoms with Gasteiger partial charge in [-0.05, 0) is 52.8 Å². The summed E-state index contributed by atoms with van der Waals surface area (Å²) >= 11 is 1.75. The van der Waals surface area contributed by atoms with Gasteiger partial charge in [-0.25, -0.2) is 0 Å². The fourth-order valence-electron chi connectivity index (χ4n) is 2.56. The van der Waals surface area contributed by atoms with Crippen LogP contribution in [0.4, 0.5) is 0 Å². The molecule has 0 aliphatic rings. The quantitative estimate of drug-likeness (QED) is 0.771. The summed E-state index contributed by atoms with van der Waals surface area (Å²) in [4.78, 5) is 0. The summed E-state index contributed by atoms with van der Waals surface area (Å²) in [6, 6.07) is 11.0. The van der Waals surface area contributed by atoms with E-state index in [1.807, 2.05) is 0 Å². The van der Waals surface area contributed by atoms with Crippen molar-refractivity contribution in [3.05, 3.63) is 58.4 Å². The molecular formula is C16H18N2S. The van der Waals surface area contributed by atoms with Crippen molar-refractivity contribution in [3.63, 3.8) is 0 Å². The minimum atomic E-state index is 0.190. The first-order chi connectivity index (χ1) is 9.24. The largest absolute Gasteiger partial charge is 0.343 e. The van der Waals surface area contributed by atoms with E-state index in [-0.39, 0.29) is 6.04 Å². The number of nitrogens with two attached hydrogens (primary N) is 1. The number of thiophene rings is 1. The molecule has 0 amide bonds. The lowest BCUT2D eigenvalue weighted by Crippen LogP contribution is -2.18. The Morgan fingerprint density at radius 3 is 2.89 bits per heavy atom. The Labute approximate surface area is 117 Å². The van der Waals surface area contributed by atoms with E-state index in [1.54, 1.807) is 11.3 Å². The molecular weight excluding hydrogens is 252 g/mol. The molecule has 0 radical (unpaired) electrons. The predicted molar refractivity (Wildman–Crippen MR) is 82.7 cm³/mol. The van der Waals surface area contributed by atoms with Crippen LogP contribution >= 0.6 is 11.3 Å². The predicted octanol–water partition coefficient (Wildman–Crippen LogP) is 3.64. The highest BCUT2D eigenvalue weighted by atomic mass is 32.1. The molecule has 0 fully saturated rings. The number of nitrogens with zero attached hydrogens (tertiary/aromatic N) is 1. The van der Waals surface area contributed by atoms with Crippen molar-refractivity contribution in [2.24, 2.45) is 5.73 Å². The molecule has 1 aromatic carbocycles. The second-order valence-corrected chi connectivity index (χ2v) is 5.89. The molecule has 3 heteroatoms. The summed E-state index contributed by atoms with van der Waals surface area (Å²) in [6.07, 6.45) is 3.10. The highest BCUT2D eigenvalue weighted by Crippen LogP contribution is 2.23. The van der Waals surface area contributed by atoms with Crippen LogP contribution in [0, 0.1) is 0 Å². The number of benzene rings is 1. The first-order valence-electron chi connectivity index (χ1n) is 6.57. The van der Waals surface area contributed by atoms with Crippen LogP contribution in [0.2, 0.25) is 0 Å². The molecule has 2 heterocycles. The zero-order valence-corrected chi connectivity index (χ0v) is 11.9. The molecule has 1 unspecified atom stereocenters. The molecule has 0 saturated heterocycles. The van der Waals surface area contributed by atoms with Crippen LogP contribution in [0.5, 0.6) is 0 Å². The Morgan fingerprint density at radius 2 is 2.16 bits per heavy atom. The van der Waals surface area contributed by atoms with E-state index in [9.17, 15) is 0 Å². The SMILES string of the molecule is CC(N)Cc1cccc2ccn(Cc3ccsc3)c12. The van der Waals surface area contributed by atoms with Crippen molar-refractivity contribution in [2.45, 2.75) is 25.9 Å². The molecule has 0 spiro atoms. The van der Waals surface area contributed by atoms with Gasteiger partial charge in [-0.1, -0.05) is 18.2 Å². The van der Waals surface area contributed by atoms with Crippen LogP contribution in [-0.2, 0) is 13.0 Å². The van der Waals surface area contributed by atoms with Gasteiger partial charge in [-0.3, -0.25) is 0 Å². The Hall–Kier alpha value is -1.58. The van der Waals surface area contributed by atoms with E-state index in [2.05, 4.69) is 58.8 Å². The number of rotatable bonds is 4. The van der Waals surface area contributed by atoms with E-state index >= 15 is 0 Å². The van der Waals surface area contributed by atoms with Gasteiger partial charge in [0.05, 0.1) is 5.52 Å². The fourth-order valence-corrected chi connectivity index (χ4v) is 3.22. The molecule has 0 aliphatic heterocycles. The molecule has 3 aromatic rings. The summed E-state index contributed by atoms with van der Waals surface area (Å²) in [6.45, 7) is 2.99. The van der Waals surface area contributed by atoms with Crippen molar-refractivity contribution in [1.82, 2.24) is 4.57 Å². The Bertz CT molecular complexity index is 665. The van der Waals surface area contributed by atoms with Gasteiger partial charge < -0.3 is 10.3 Å². The lowest BCUT2D eigenvalue weighted by atomic mass is 10.0. The van der Waals surface area contributed by atoms with Gasteiger partial charge in [0, 0.05) is 18.8 Å². The summed E-state index contributed by atoms with van der Waals surface area (Å²) < 4.78 is 2.33. The normalized spacial score (nSPS) is 12.9. The second-order valence-electron chi connectivity index (χ2n) is 5.11. The number of para-hydroxylation sites is 1. The molecule has 98 valence electrons. The topological polar surface area (TPSA) is 30.9 Å². The lowest BCUT2D eigenvalue weighted by Gasteiger charge is -2.11.